The first kappa shape index (κ1) is 34.9. The topological polar surface area (TPSA) is 0 Å². The number of rotatable bonds is 2. The molecule has 0 saturated heterocycles. The second-order valence-electron chi connectivity index (χ2n) is 11.7. The first-order valence-electron chi connectivity index (χ1n) is 15.2. The molecule has 0 aliphatic rings. The average molecular weight is 698 g/mol. The van der Waals surface area contributed by atoms with Crippen LogP contribution in [-0.4, -0.2) is 5.43 Å². The molecular formula is C42H36F2SiZr-2. The molecule has 0 spiro atoms. The van der Waals surface area contributed by atoms with Crippen LogP contribution in [0.3, 0.4) is 0 Å². The number of hydrogen-bond acceptors (Lipinski definition) is 0. The molecule has 4 heteroatoms. The van der Waals surface area contributed by atoms with Gasteiger partial charge >= 0.3 is 41.9 Å². The molecular weight excluding hydrogens is 662 g/mol. The van der Waals surface area contributed by atoms with Gasteiger partial charge in [0.25, 0.3) is 0 Å². The maximum absolute atomic E-state index is 2.31. The Kier molecular flexibility index (Phi) is 11.8. The Morgan fingerprint density at radius 1 is 0.435 bits per heavy atom. The molecule has 228 valence electrons. The van der Waals surface area contributed by atoms with Crippen molar-refractivity contribution in [2.24, 2.45) is 0 Å². The summed E-state index contributed by atoms with van der Waals surface area (Å²) in [5.74, 6) is 0. The molecule has 0 aliphatic heterocycles. The molecule has 46 heavy (non-hydrogen) atoms. The Balaban J connectivity index is 0.000000180. The first-order chi connectivity index (χ1) is 21.4. The third kappa shape index (κ3) is 7.52. The van der Waals surface area contributed by atoms with E-state index in [1.165, 1.54) is 76.5 Å². The molecule has 0 unspecified atom stereocenters. The minimum atomic E-state index is 0. The zero-order valence-corrected chi connectivity index (χ0v) is 30.1. The summed E-state index contributed by atoms with van der Waals surface area (Å²) in [4.78, 5) is 0. The standard InChI is InChI=1S/2C20H15.C2H6Si.2FH.Zr/c2*1-14-12-16-8-5-11-19(20(16)13-14)18-10-4-7-15-6-2-3-9-17(15)18;1-3-2;;;/h2*2-13H,1H3;1-2H3;2*1H;/q2*-1;;;;+2/p-2. The maximum atomic E-state index is 2.31. The van der Waals surface area contributed by atoms with E-state index in [1.807, 2.05) is 0 Å². The van der Waals surface area contributed by atoms with Gasteiger partial charge in [-0.2, -0.15) is 12.1 Å². The summed E-state index contributed by atoms with van der Waals surface area (Å²) < 4.78 is 0. The monoisotopic (exact) mass is 696 g/mol. The van der Waals surface area contributed by atoms with Gasteiger partial charge in [-0.3, -0.25) is 0 Å². The van der Waals surface area contributed by atoms with E-state index in [1.54, 1.807) is 23.3 Å². The maximum Gasteiger partial charge on any atom is -0.0114 e. The third-order valence-corrected chi connectivity index (χ3v) is 7.95. The molecule has 0 heterocycles. The molecule has 0 aliphatic carbocycles. The van der Waals surface area contributed by atoms with Crippen molar-refractivity contribution in [1.82, 2.24) is 0 Å². The van der Waals surface area contributed by atoms with E-state index in [9.17, 15) is 0 Å². The SMILES string of the molecule is C[Si](C)=[Zr+2].Cc1cc2c(-c3cccc4ccccc34)cccc2[cH-]1.Cc1cc2c(-c3cccc4ccccc34)cccc2[cH-]1.[F-].[F-]. The van der Waals surface area contributed by atoms with Crippen molar-refractivity contribution in [3.05, 3.63) is 157 Å². The predicted octanol–water partition coefficient (Wildman–Crippen LogP) is 6.17. The summed E-state index contributed by atoms with van der Waals surface area (Å²) >= 11 is 1.74. The number of hydrogen-bond donors (Lipinski definition) is 0. The van der Waals surface area contributed by atoms with Gasteiger partial charge < -0.3 is 9.41 Å². The van der Waals surface area contributed by atoms with Gasteiger partial charge in [-0.05, 0) is 32.7 Å². The summed E-state index contributed by atoms with van der Waals surface area (Å²) in [6, 6.07) is 52.5. The zero-order chi connectivity index (χ0) is 30.6. The Bertz CT molecular complexity index is 2090. The van der Waals surface area contributed by atoms with Crippen molar-refractivity contribution >= 4 is 48.5 Å². The Morgan fingerprint density at radius 2 is 0.739 bits per heavy atom. The molecule has 8 aromatic carbocycles. The fraction of sp³-hybridized carbons (Fsp3) is 0.0952. The normalized spacial score (nSPS) is 10.4. The van der Waals surface area contributed by atoms with Crippen LogP contribution in [0.25, 0.3) is 65.3 Å². The summed E-state index contributed by atoms with van der Waals surface area (Å²) in [6.45, 7) is 8.94. The fourth-order valence-electron chi connectivity index (χ4n) is 6.16. The Hall–Kier alpha value is -3.98. The van der Waals surface area contributed by atoms with E-state index in [-0.39, 0.29) is 14.8 Å². The van der Waals surface area contributed by atoms with Gasteiger partial charge in [-0.1, -0.05) is 122 Å². The van der Waals surface area contributed by atoms with Crippen LogP contribution in [0.5, 0.6) is 0 Å². The van der Waals surface area contributed by atoms with E-state index in [0.29, 0.717) is 0 Å². The largest absolute Gasteiger partial charge is 1.00 e. The minimum Gasteiger partial charge on any atom is -1.00 e. The molecule has 0 saturated carbocycles. The Morgan fingerprint density at radius 3 is 1.13 bits per heavy atom. The molecule has 0 radical (unpaired) electrons. The van der Waals surface area contributed by atoms with E-state index in [4.69, 9.17) is 0 Å². The van der Waals surface area contributed by atoms with Crippen LogP contribution < -0.4 is 9.41 Å². The number of benzene rings is 6. The van der Waals surface area contributed by atoms with Gasteiger partial charge in [0.15, 0.2) is 0 Å². The molecule has 0 atom stereocenters. The van der Waals surface area contributed by atoms with Crippen LogP contribution >= 0.6 is 0 Å². The van der Waals surface area contributed by atoms with Crippen LogP contribution in [0.15, 0.2) is 146 Å². The van der Waals surface area contributed by atoms with Crippen molar-refractivity contribution in [3.8, 4) is 22.3 Å². The van der Waals surface area contributed by atoms with Crippen molar-refractivity contribution in [3.63, 3.8) is 0 Å². The summed E-state index contributed by atoms with van der Waals surface area (Å²) in [7, 11) is 0. The molecule has 0 N–H and O–H groups in total. The van der Waals surface area contributed by atoms with Gasteiger partial charge in [-0.25, -0.2) is 0 Å². The molecule has 0 aromatic heterocycles. The van der Waals surface area contributed by atoms with Crippen LogP contribution in [0.2, 0.25) is 13.1 Å². The number of aryl methyl sites for hydroxylation is 2. The van der Waals surface area contributed by atoms with E-state index in [0.717, 1.165) is 0 Å². The van der Waals surface area contributed by atoms with E-state index >= 15 is 0 Å². The van der Waals surface area contributed by atoms with Gasteiger partial charge in [0, 0.05) is 0 Å². The van der Waals surface area contributed by atoms with Crippen molar-refractivity contribution in [2.45, 2.75) is 26.9 Å². The first-order valence-corrected chi connectivity index (χ1v) is 21.4. The summed E-state index contributed by atoms with van der Waals surface area (Å²) in [5, 5.41) is 10.6. The predicted molar refractivity (Wildman–Crippen MR) is 192 cm³/mol. The quantitative estimate of drug-likeness (QED) is 0.150. The van der Waals surface area contributed by atoms with Crippen LogP contribution in [0, 0.1) is 13.8 Å². The van der Waals surface area contributed by atoms with Crippen molar-refractivity contribution < 1.29 is 32.7 Å². The average Bonchev–Trinajstić information content (AvgIpc) is 3.61. The number of halogens is 2. The van der Waals surface area contributed by atoms with Crippen molar-refractivity contribution in [2.75, 3.05) is 0 Å². The number of fused-ring (bicyclic) bond motifs is 4. The summed E-state index contributed by atoms with van der Waals surface area (Å²) in [6.07, 6.45) is 0. The second kappa shape index (κ2) is 15.5. The molecule has 0 nitrogen and oxygen atoms in total. The van der Waals surface area contributed by atoms with Crippen LogP contribution in [0.4, 0.5) is 0 Å². The summed E-state index contributed by atoms with van der Waals surface area (Å²) in [5.41, 5.74) is 8.15. The molecule has 0 fully saturated rings. The van der Waals surface area contributed by atoms with Gasteiger partial charge in [0.1, 0.15) is 0 Å². The minimum absolute atomic E-state index is 0. The van der Waals surface area contributed by atoms with Crippen LogP contribution in [-0.2, 0) is 23.3 Å². The fourth-order valence-corrected chi connectivity index (χ4v) is 6.16. The van der Waals surface area contributed by atoms with E-state index in [2.05, 4.69) is 173 Å². The van der Waals surface area contributed by atoms with Crippen molar-refractivity contribution in [1.29, 1.82) is 0 Å². The van der Waals surface area contributed by atoms with Gasteiger partial charge in [0.05, 0.1) is 0 Å². The van der Waals surface area contributed by atoms with Gasteiger partial charge in [0.2, 0.25) is 0 Å². The molecule has 0 amide bonds. The third-order valence-electron chi connectivity index (χ3n) is 7.95. The second-order valence-corrected chi connectivity index (χ2v) is 21.1. The van der Waals surface area contributed by atoms with Crippen LogP contribution in [0.1, 0.15) is 11.1 Å². The smallest absolute Gasteiger partial charge is 0.0114 e. The zero-order valence-electron chi connectivity index (χ0n) is 26.6. The van der Waals surface area contributed by atoms with Gasteiger partial charge in [-0.15, -0.1) is 69.1 Å². The molecule has 8 rings (SSSR count). The molecule has 0 bridgehead atoms. The molecule has 8 aromatic rings. The Labute approximate surface area is 285 Å². The van der Waals surface area contributed by atoms with E-state index < -0.39 is 0 Å².